The highest BCUT2D eigenvalue weighted by molar-refractivity contribution is 9.10. The van der Waals surface area contributed by atoms with Crippen molar-refractivity contribution in [3.05, 3.63) is 34.1 Å². The normalized spacial score (nSPS) is 17.8. The zero-order chi connectivity index (χ0) is 13.7. The largest absolute Gasteiger partial charge is 0.314 e. The summed E-state index contributed by atoms with van der Waals surface area (Å²) in [5, 5.41) is 3.63. The predicted octanol–water partition coefficient (Wildman–Crippen LogP) is 4.69. The van der Waals surface area contributed by atoms with Crippen LogP contribution in [0.15, 0.2) is 22.7 Å². The third-order valence-corrected chi connectivity index (χ3v) is 4.77. The first-order chi connectivity index (χ1) is 9.20. The van der Waals surface area contributed by atoms with Crippen molar-refractivity contribution >= 4 is 15.9 Å². The highest BCUT2D eigenvalue weighted by atomic mass is 79.9. The molecule has 1 aromatic carbocycles. The van der Waals surface area contributed by atoms with Crippen LogP contribution in [0.5, 0.6) is 0 Å². The molecule has 1 aliphatic rings. The van der Waals surface area contributed by atoms with E-state index in [4.69, 9.17) is 0 Å². The Morgan fingerprint density at radius 2 is 2.11 bits per heavy atom. The van der Waals surface area contributed by atoms with E-state index in [1.54, 1.807) is 6.07 Å². The van der Waals surface area contributed by atoms with Gasteiger partial charge in [0.15, 0.2) is 0 Å². The lowest BCUT2D eigenvalue weighted by Gasteiger charge is -2.24. The molecule has 0 amide bonds. The van der Waals surface area contributed by atoms with Gasteiger partial charge < -0.3 is 5.32 Å². The van der Waals surface area contributed by atoms with Gasteiger partial charge in [-0.1, -0.05) is 25.8 Å². The molecule has 2 rings (SSSR count). The van der Waals surface area contributed by atoms with Crippen molar-refractivity contribution in [2.45, 2.75) is 51.5 Å². The lowest BCUT2D eigenvalue weighted by molar-refractivity contribution is 0.346. The van der Waals surface area contributed by atoms with Gasteiger partial charge in [-0.25, -0.2) is 4.39 Å². The van der Waals surface area contributed by atoms with Gasteiger partial charge in [0.05, 0.1) is 4.47 Å². The zero-order valence-corrected chi connectivity index (χ0v) is 13.2. The van der Waals surface area contributed by atoms with Gasteiger partial charge in [0, 0.05) is 6.04 Å². The van der Waals surface area contributed by atoms with Crippen LogP contribution in [0.4, 0.5) is 4.39 Å². The summed E-state index contributed by atoms with van der Waals surface area (Å²) in [6.45, 7) is 3.21. The first kappa shape index (κ1) is 15.0. The molecule has 3 heteroatoms. The standard InChI is InChI=1S/C16H23BrFN/c1-2-19-16(13-5-3-4-6-13)10-8-12-7-9-15(18)14(17)11-12/h7,9,11,13,16,19H,2-6,8,10H2,1H3. The summed E-state index contributed by atoms with van der Waals surface area (Å²) in [5.41, 5.74) is 1.22. The molecule has 0 aliphatic heterocycles. The molecule has 1 aliphatic carbocycles. The van der Waals surface area contributed by atoms with E-state index in [0.29, 0.717) is 10.5 Å². The van der Waals surface area contributed by atoms with Crippen LogP contribution in [0.1, 0.15) is 44.6 Å². The van der Waals surface area contributed by atoms with Crippen LogP contribution in [0.2, 0.25) is 0 Å². The number of hydrogen-bond acceptors (Lipinski definition) is 1. The fourth-order valence-corrected chi connectivity index (χ4v) is 3.57. The number of halogens is 2. The van der Waals surface area contributed by atoms with Gasteiger partial charge in [0.2, 0.25) is 0 Å². The Balaban J connectivity index is 1.91. The molecule has 106 valence electrons. The minimum Gasteiger partial charge on any atom is -0.314 e. The molecule has 1 N–H and O–H groups in total. The predicted molar refractivity (Wildman–Crippen MR) is 81.8 cm³/mol. The Hall–Kier alpha value is -0.410. The van der Waals surface area contributed by atoms with E-state index in [9.17, 15) is 4.39 Å². The van der Waals surface area contributed by atoms with Gasteiger partial charge in [-0.05, 0) is 71.8 Å². The number of hydrogen-bond donors (Lipinski definition) is 1. The van der Waals surface area contributed by atoms with Crippen LogP contribution in [-0.4, -0.2) is 12.6 Å². The van der Waals surface area contributed by atoms with Crippen LogP contribution < -0.4 is 5.32 Å². The first-order valence-corrected chi connectivity index (χ1v) is 8.17. The summed E-state index contributed by atoms with van der Waals surface area (Å²) in [6, 6.07) is 5.98. The average molecular weight is 328 g/mol. The monoisotopic (exact) mass is 327 g/mol. The minimum absolute atomic E-state index is 0.178. The van der Waals surface area contributed by atoms with E-state index in [-0.39, 0.29) is 5.82 Å². The van der Waals surface area contributed by atoms with E-state index in [0.717, 1.165) is 25.3 Å². The van der Waals surface area contributed by atoms with Gasteiger partial charge in [-0.2, -0.15) is 0 Å². The smallest absolute Gasteiger partial charge is 0.137 e. The Kier molecular flexibility index (Phi) is 5.83. The van der Waals surface area contributed by atoms with Crippen molar-refractivity contribution in [3.8, 4) is 0 Å². The van der Waals surface area contributed by atoms with E-state index in [1.807, 2.05) is 12.1 Å². The number of rotatable bonds is 6. The topological polar surface area (TPSA) is 12.0 Å². The van der Waals surface area contributed by atoms with Gasteiger partial charge in [0.25, 0.3) is 0 Å². The van der Waals surface area contributed by atoms with E-state index < -0.39 is 0 Å². The molecule has 0 radical (unpaired) electrons. The molecule has 1 saturated carbocycles. The van der Waals surface area contributed by atoms with Crippen molar-refractivity contribution in [2.75, 3.05) is 6.54 Å². The van der Waals surface area contributed by atoms with Crippen molar-refractivity contribution in [2.24, 2.45) is 5.92 Å². The summed E-state index contributed by atoms with van der Waals surface area (Å²) in [7, 11) is 0. The quantitative estimate of drug-likeness (QED) is 0.799. The van der Waals surface area contributed by atoms with Crippen molar-refractivity contribution in [1.82, 2.24) is 5.32 Å². The van der Waals surface area contributed by atoms with Crippen LogP contribution in [0, 0.1) is 11.7 Å². The molecule has 0 saturated heterocycles. The maximum absolute atomic E-state index is 13.2. The molecular weight excluding hydrogens is 305 g/mol. The molecule has 1 fully saturated rings. The maximum atomic E-state index is 13.2. The third kappa shape index (κ3) is 4.28. The van der Waals surface area contributed by atoms with Crippen LogP contribution in [0.25, 0.3) is 0 Å². The van der Waals surface area contributed by atoms with E-state index in [2.05, 4.69) is 28.2 Å². The molecule has 19 heavy (non-hydrogen) atoms. The molecule has 1 aromatic rings. The number of nitrogens with one attached hydrogen (secondary N) is 1. The fourth-order valence-electron chi connectivity index (χ4n) is 3.14. The summed E-state index contributed by atoms with van der Waals surface area (Å²) >= 11 is 3.26. The lowest BCUT2D eigenvalue weighted by atomic mass is 9.92. The summed E-state index contributed by atoms with van der Waals surface area (Å²) < 4.78 is 13.8. The zero-order valence-electron chi connectivity index (χ0n) is 11.6. The second kappa shape index (κ2) is 7.39. The molecule has 0 heterocycles. The molecule has 1 nitrogen and oxygen atoms in total. The molecule has 0 spiro atoms. The van der Waals surface area contributed by atoms with E-state index in [1.165, 1.54) is 31.2 Å². The highest BCUT2D eigenvalue weighted by Gasteiger charge is 2.23. The van der Waals surface area contributed by atoms with Gasteiger partial charge in [-0.3, -0.25) is 0 Å². The Bertz CT molecular complexity index is 402. The lowest BCUT2D eigenvalue weighted by Crippen LogP contribution is -2.35. The minimum atomic E-state index is -0.178. The van der Waals surface area contributed by atoms with Gasteiger partial charge >= 0.3 is 0 Å². The molecule has 0 bridgehead atoms. The Morgan fingerprint density at radius 1 is 1.37 bits per heavy atom. The second-order valence-electron chi connectivity index (χ2n) is 5.50. The Morgan fingerprint density at radius 3 is 2.74 bits per heavy atom. The third-order valence-electron chi connectivity index (χ3n) is 4.16. The number of benzene rings is 1. The highest BCUT2D eigenvalue weighted by Crippen LogP contribution is 2.30. The summed E-state index contributed by atoms with van der Waals surface area (Å²) in [4.78, 5) is 0. The average Bonchev–Trinajstić information content (AvgIpc) is 2.92. The first-order valence-electron chi connectivity index (χ1n) is 7.38. The van der Waals surface area contributed by atoms with Crippen LogP contribution >= 0.6 is 15.9 Å². The molecular formula is C16H23BrFN. The second-order valence-corrected chi connectivity index (χ2v) is 6.35. The Labute approximate surface area is 124 Å². The number of aryl methyl sites for hydroxylation is 1. The summed E-state index contributed by atoms with van der Waals surface area (Å²) in [6.07, 6.45) is 7.67. The molecule has 1 unspecified atom stereocenters. The van der Waals surface area contributed by atoms with Crippen molar-refractivity contribution < 1.29 is 4.39 Å². The SMILES string of the molecule is CCNC(CCc1ccc(F)c(Br)c1)C1CCCC1. The maximum Gasteiger partial charge on any atom is 0.137 e. The molecule has 0 aromatic heterocycles. The fraction of sp³-hybridized carbons (Fsp3) is 0.625. The van der Waals surface area contributed by atoms with Crippen molar-refractivity contribution in [1.29, 1.82) is 0 Å². The van der Waals surface area contributed by atoms with Crippen LogP contribution in [0.3, 0.4) is 0 Å². The molecule has 1 atom stereocenters. The van der Waals surface area contributed by atoms with Gasteiger partial charge in [-0.15, -0.1) is 0 Å². The van der Waals surface area contributed by atoms with Crippen LogP contribution in [-0.2, 0) is 6.42 Å². The van der Waals surface area contributed by atoms with Gasteiger partial charge in [0.1, 0.15) is 5.82 Å². The van der Waals surface area contributed by atoms with Crippen molar-refractivity contribution in [3.63, 3.8) is 0 Å². The van der Waals surface area contributed by atoms with E-state index >= 15 is 0 Å². The summed E-state index contributed by atoms with van der Waals surface area (Å²) in [5.74, 6) is 0.659.